The quantitative estimate of drug-likeness (QED) is 0.785. The Hall–Kier alpha value is -2.28. The fourth-order valence-corrected chi connectivity index (χ4v) is 2.69. The molecule has 6 nitrogen and oxygen atoms in total. The Kier molecular flexibility index (Phi) is 2.98. The molecular formula is C13H13N5OS. The summed E-state index contributed by atoms with van der Waals surface area (Å²) in [4.78, 5) is 20.9. The van der Waals surface area contributed by atoms with Gasteiger partial charge in [0.2, 0.25) is 0 Å². The van der Waals surface area contributed by atoms with Crippen molar-refractivity contribution in [2.24, 2.45) is 0 Å². The molecule has 0 aliphatic heterocycles. The van der Waals surface area contributed by atoms with E-state index in [-0.39, 0.29) is 5.91 Å². The Bertz CT molecular complexity index is 804. The molecular weight excluding hydrogens is 274 g/mol. The molecule has 3 rings (SSSR count). The van der Waals surface area contributed by atoms with Crippen molar-refractivity contribution >= 4 is 28.0 Å². The lowest BCUT2D eigenvalue weighted by molar-refractivity contribution is 0.102. The van der Waals surface area contributed by atoms with Crippen molar-refractivity contribution in [3.8, 4) is 0 Å². The number of carbonyl (C=O) groups excluding carboxylic acids is 1. The molecule has 7 heteroatoms. The molecule has 3 aromatic heterocycles. The van der Waals surface area contributed by atoms with Crippen molar-refractivity contribution in [2.45, 2.75) is 20.8 Å². The van der Waals surface area contributed by atoms with Gasteiger partial charge in [0.1, 0.15) is 5.56 Å². The first-order valence-corrected chi connectivity index (χ1v) is 6.98. The number of nitrogens with zero attached hydrogens (tertiary/aromatic N) is 4. The number of carbonyl (C=O) groups is 1. The zero-order valence-corrected chi connectivity index (χ0v) is 12.2. The van der Waals surface area contributed by atoms with Crippen LogP contribution in [0.3, 0.4) is 0 Å². The second kappa shape index (κ2) is 4.68. The van der Waals surface area contributed by atoms with E-state index in [0.29, 0.717) is 16.3 Å². The van der Waals surface area contributed by atoms with Crippen LogP contribution in [0.2, 0.25) is 0 Å². The average molecular weight is 287 g/mol. The number of amides is 1. The summed E-state index contributed by atoms with van der Waals surface area (Å²) in [5.41, 5.74) is 3.69. The maximum atomic E-state index is 12.3. The van der Waals surface area contributed by atoms with Gasteiger partial charge in [0.05, 0.1) is 11.9 Å². The van der Waals surface area contributed by atoms with Crippen molar-refractivity contribution in [3.05, 3.63) is 40.3 Å². The molecule has 0 saturated carbocycles. The van der Waals surface area contributed by atoms with Crippen molar-refractivity contribution in [2.75, 3.05) is 5.32 Å². The van der Waals surface area contributed by atoms with Gasteiger partial charge in [0, 0.05) is 16.8 Å². The Morgan fingerprint density at radius 3 is 2.75 bits per heavy atom. The molecule has 0 unspecified atom stereocenters. The van der Waals surface area contributed by atoms with Crippen LogP contribution in [0, 0.1) is 20.8 Å². The molecule has 20 heavy (non-hydrogen) atoms. The Morgan fingerprint density at radius 1 is 1.25 bits per heavy atom. The van der Waals surface area contributed by atoms with Crippen LogP contribution in [0.1, 0.15) is 27.4 Å². The van der Waals surface area contributed by atoms with E-state index in [1.54, 1.807) is 4.52 Å². The molecule has 1 amide bonds. The van der Waals surface area contributed by atoms with Crippen LogP contribution in [0.25, 0.3) is 5.65 Å². The highest BCUT2D eigenvalue weighted by Crippen LogP contribution is 2.17. The van der Waals surface area contributed by atoms with Crippen LogP contribution in [-0.4, -0.2) is 25.5 Å². The van der Waals surface area contributed by atoms with Crippen LogP contribution in [0.15, 0.2) is 17.6 Å². The second-order valence-electron chi connectivity index (χ2n) is 4.58. The number of aryl methyl sites for hydroxylation is 3. The third kappa shape index (κ3) is 2.16. The zero-order chi connectivity index (χ0) is 14.3. The fourth-order valence-electron chi connectivity index (χ4n) is 2.01. The first-order chi connectivity index (χ1) is 9.54. The van der Waals surface area contributed by atoms with Crippen LogP contribution in [0.4, 0.5) is 5.13 Å². The lowest BCUT2D eigenvalue weighted by atomic mass is 10.3. The topological polar surface area (TPSA) is 72.2 Å². The molecule has 3 aromatic rings. The second-order valence-corrected chi connectivity index (χ2v) is 5.44. The van der Waals surface area contributed by atoms with Gasteiger partial charge in [-0.25, -0.2) is 14.5 Å². The minimum Gasteiger partial charge on any atom is -0.298 e. The Labute approximate surface area is 119 Å². The van der Waals surface area contributed by atoms with E-state index in [0.717, 1.165) is 17.1 Å². The van der Waals surface area contributed by atoms with E-state index in [1.165, 1.54) is 17.5 Å². The molecule has 0 atom stereocenters. The van der Waals surface area contributed by atoms with E-state index in [4.69, 9.17) is 0 Å². The highest BCUT2D eigenvalue weighted by atomic mass is 32.1. The fraction of sp³-hybridized carbons (Fsp3) is 0.231. The van der Waals surface area contributed by atoms with Crippen LogP contribution < -0.4 is 5.32 Å². The highest BCUT2D eigenvalue weighted by Gasteiger charge is 2.16. The van der Waals surface area contributed by atoms with Crippen molar-refractivity contribution < 1.29 is 4.79 Å². The predicted octanol–water partition coefficient (Wildman–Crippen LogP) is 2.36. The van der Waals surface area contributed by atoms with Crippen molar-refractivity contribution in [3.63, 3.8) is 0 Å². The molecule has 0 aliphatic carbocycles. The van der Waals surface area contributed by atoms with Gasteiger partial charge in [-0.1, -0.05) is 0 Å². The van der Waals surface area contributed by atoms with E-state index >= 15 is 0 Å². The number of aromatic nitrogens is 4. The lowest BCUT2D eigenvalue weighted by Crippen LogP contribution is -2.12. The predicted molar refractivity (Wildman–Crippen MR) is 77.3 cm³/mol. The summed E-state index contributed by atoms with van der Waals surface area (Å²) in [6.45, 7) is 5.71. The molecule has 0 bridgehead atoms. The van der Waals surface area contributed by atoms with Gasteiger partial charge in [-0.05, 0) is 26.8 Å². The summed E-state index contributed by atoms with van der Waals surface area (Å²) in [5.74, 6) is -0.244. The molecule has 1 N–H and O–H groups in total. The van der Waals surface area contributed by atoms with Gasteiger partial charge in [-0.15, -0.1) is 11.3 Å². The standard InChI is InChI=1S/C13H13N5OS/c1-7-4-9(3)18-11(15-7)10(5-14-18)12(19)17-13-16-8(2)6-20-13/h4-6H,1-3H3,(H,16,17,19). The van der Waals surface area contributed by atoms with E-state index in [2.05, 4.69) is 20.4 Å². The number of nitrogens with one attached hydrogen (secondary N) is 1. The summed E-state index contributed by atoms with van der Waals surface area (Å²) in [6, 6.07) is 1.92. The third-order valence-electron chi connectivity index (χ3n) is 2.86. The average Bonchev–Trinajstić information content (AvgIpc) is 2.95. The third-order valence-corrected chi connectivity index (χ3v) is 3.74. The molecule has 0 aliphatic rings. The van der Waals surface area contributed by atoms with Gasteiger partial charge in [-0.2, -0.15) is 5.10 Å². The maximum absolute atomic E-state index is 12.3. The summed E-state index contributed by atoms with van der Waals surface area (Å²) in [7, 11) is 0. The largest absolute Gasteiger partial charge is 0.298 e. The number of thiazole rings is 1. The molecule has 0 fully saturated rings. The van der Waals surface area contributed by atoms with E-state index in [9.17, 15) is 4.79 Å². The van der Waals surface area contributed by atoms with Gasteiger partial charge in [-0.3, -0.25) is 10.1 Å². The number of anilines is 1. The van der Waals surface area contributed by atoms with E-state index < -0.39 is 0 Å². The minimum atomic E-state index is -0.244. The summed E-state index contributed by atoms with van der Waals surface area (Å²) < 4.78 is 1.66. The van der Waals surface area contributed by atoms with Gasteiger partial charge < -0.3 is 0 Å². The van der Waals surface area contributed by atoms with Crippen LogP contribution in [0.5, 0.6) is 0 Å². The van der Waals surface area contributed by atoms with Crippen LogP contribution in [-0.2, 0) is 0 Å². The first-order valence-electron chi connectivity index (χ1n) is 6.10. The van der Waals surface area contributed by atoms with Gasteiger partial charge >= 0.3 is 0 Å². The number of rotatable bonds is 2. The van der Waals surface area contributed by atoms with E-state index in [1.807, 2.05) is 32.2 Å². The number of hydrogen-bond donors (Lipinski definition) is 1. The van der Waals surface area contributed by atoms with Gasteiger partial charge in [0.25, 0.3) is 5.91 Å². The molecule has 0 spiro atoms. The SMILES string of the molecule is Cc1csc(NC(=O)c2cnn3c(C)cc(C)nc23)n1. The van der Waals surface area contributed by atoms with Crippen molar-refractivity contribution in [1.29, 1.82) is 0 Å². The Morgan fingerprint density at radius 2 is 2.05 bits per heavy atom. The lowest BCUT2D eigenvalue weighted by Gasteiger charge is -2.02. The molecule has 102 valence electrons. The van der Waals surface area contributed by atoms with Crippen molar-refractivity contribution in [1.82, 2.24) is 19.6 Å². The Balaban J connectivity index is 1.99. The normalized spacial score (nSPS) is 10.9. The number of hydrogen-bond acceptors (Lipinski definition) is 5. The summed E-state index contributed by atoms with van der Waals surface area (Å²) in [5, 5.41) is 9.44. The molecule has 0 aromatic carbocycles. The minimum absolute atomic E-state index is 0.244. The highest BCUT2D eigenvalue weighted by molar-refractivity contribution is 7.13. The first kappa shape index (κ1) is 12.7. The van der Waals surface area contributed by atoms with Crippen LogP contribution >= 0.6 is 11.3 Å². The summed E-state index contributed by atoms with van der Waals surface area (Å²) >= 11 is 1.40. The zero-order valence-electron chi connectivity index (χ0n) is 11.3. The van der Waals surface area contributed by atoms with Gasteiger partial charge in [0.15, 0.2) is 10.8 Å². The molecule has 3 heterocycles. The maximum Gasteiger partial charge on any atom is 0.262 e. The number of fused-ring (bicyclic) bond motifs is 1. The summed E-state index contributed by atoms with van der Waals surface area (Å²) in [6.07, 6.45) is 1.53. The monoisotopic (exact) mass is 287 g/mol. The molecule has 0 radical (unpaired) electrons. The molecule has 0 saturated heterocycles. The smallest absolute Gasteiger partial charge is 0.262 e.